The van der Waals surface area contributed by atoms with Gasteiger partial charge in [-0.1, -0.05) is 0 Å². The van der Waals surface area contributed by atoms with Crippen LogP contribution in [-0.4, -0.2) is 54.4 Å². The number of likely N-dealkylation sites (N-methyl/N-ethyl adjacent to an activating group) is 1. The molecule has 1 N–H and O–H groups in total. The van der Waals surface area contributed by atoms with E-state index in [0.29, 0.717) is 13.1 Å². The van der Waals surface area contributed by atoms with Gasteiger partial charge >= 0.3 is 0 Å². The Balaban J connectivity index is 1.72. The van der Waals surface area contributed by atoms with Crippen molar-refractivity contribution in [3.05, 3.63) is 53.6 Å². The highest BCUT2D eigenvalue weighted by Crippen LogP contribution is 2.29. The standard InChI is InChI=1S/C20H25FN4O/c1-14-10-18(23-17-6-4-16(21)5-7-17)11-19(22-14)15-8-9-25(12-15)20(26)13-24(2)3/h4-7,10-11,15H,8-9,12-13H2,1-3H3,(H,22,23). The molecule has 2 heterocycles. The highest BCUT2D eigenvalue weighted by atomic mass is 19.1. The number of pyridine rings is 1. The number of likely N-dealkylation sites (tertiary alicyclic amines) is 1. The highest BCUT2D eigenvalue weighted by Gasteiger charge is 2.28. The number of aromatic nitrogens is 1. The number of hydrogen-bond donors (Lipinski definition) is 1. The fourth-order valence-electron chi connectivity index (χ4n) is 3.27. The van der Waals surface area contributed by atoms with Crippen molar-refractivity contribution in [2.45, 2.75) is 19.3 Å². The molecule has 0 spiro atoms. The van der Waals surface area contributed by atoms with Crippen LogP contribution in [0, 0.1) is 12.7 Å². The van der Waals surface area contributed by atoms with Crippen LogP contribution in [0.5, 0.6) is 0 Å². The maximum absolute atomic E-state index is 13.1. The molecule has 6 heteroatoms. The smallest absolute Gasteiger partial charge is 0.236 e. The molecule has 0 saturated carbocycles. The Morgan fingerprint density at radius 3 is 2.69 bits per heavy atom. The fraction of sp³-hybridized carbons (Fsp3) is 0.400. The van der Waals surface area contributed by atoms with E-state index in [2.05, 4.69) is 10.3 Å². The van der Waals surface area contributed by atoms with E-state index in [1.807, 2.05) is 43.0 Å². The zero-order valence-electron chi connectivity index (χ0n) is 15.5. The molecule has 2 aromatic rings. The predicted octanol–water partition coefficient (Wildman–Crippen LogP) is 3.15. The van der Waals surface area contributed by atoms with E-state index in [1.165, 1.54) is 12.1 Å². The van der Waals surface area contributed by atoms with Crippen LogP contribution in [0.1, 0.15) is 23.7 Å². The number of benzene rings is 1. The SMILES string of the molecule is Cc1cc(Nc2ccc(F)cc2)cc(C2CCN(C(=O)CN(C)C)C2)n1. The first-order valence-corrected chi connectivity index (χ1v) is 8.84. The van der Waals surface area contributed by atoms with Crippen LogP contribution in [0.2, 0.25) is 0 Å². The van der Waals surface area contributed by atoms with Crippen molar-refractivity contribution in [1.29, 1.82) is 0 Å². The lowest BCUT2D eigenvalue weighted by Gasteiger charge is -2.19. The molecule has 3 rings (SSSR count). The van der Waals surface area contributed by atoms with Crippen LogP contribution >= 0.6 is 0 Å². The normalized spacial score (nSPS) is 17.0. The molecule has 1 amide bonds. The van der Waals surface area contributed by atoms with Gasteiger partial charge < -0.3 is 15.1 Å². The van der Waals surface area contributed by atoms with Crippen molar-refractivity contribution in [2.75, 3.05) is 39.0 Å². The molecule has 26 heavy (non-hydrogen) atoms. The Morgan fingerprint density at radius 1 is 1.27 bits per heavy atom. The first-order valence-electron chi connectivity index (χ1n) is 8.84. The third-order valence-electron chi connectivity index (χ3n) is 4.52. The summed E-state index contributed by atoms with van der Waals surface area (Å²) >= 11 is 0. The Hall–Kier alpha value is -2.47. The van der Waals surface area contributed by atoms with Crippen molar-refractivity contribution in [3.63, 3.8) is 0 Å². The topological polar surface area (TPSA) is 48.5 Å². The molecule has 1 aromatic carbocycles. The summed E-state index contributed by atoms with van der Waals surface area (Å²) in [5.74, 6) is 0.153. The highest BCUT2D eigenvalue weighted by molar-refractivity contribution is 5.78. The minimum atomic E-state index is -0.254. The zero-order chi connectivity index (χ0) is 18.7. The Bertz CT molecular complexity index is 776. The summed E-state index contributed by atoms with van der Waals surface area (Å²) in [4.78, 5) is 20.7. The summed E-state index contributed by atoms with van der Waals surface area (Å²) in [6.07, 6.45) is 0.922. The number of carbonyl (C=O) groups excluding carboxylic acids is 1. The molecule has 1 fully saturated rings. The minimum Gasteiger partial charge on any atom is -0.355 e. The first kappa shape index (κ1) is 18.3. The van der Waals surface area contributed by atoms with Gasteiger partial charge in [0.1, 0.15) is 5.82 Å². The van der Waals surface area contributed by atoms with Crippen molar-refractivity contribution >= 4 is 17.3 Å². The lowest BCUT2D eigenvalue weighted by molar-refractivity contribution is -0.130. The second-order valence-corrected chi connectivity index (χ2v) is 7.12. The van der Waals surface area contributed by atoms with Gasteiger partial charge in [0.05, 0.1) is 6.54 Å². The third kappa shape index (κ3) is 4.58. The average molecular weight is 356 g/mol. The zero-order valence-corrected chi connectivity index (χ0v) is 15.5. The summed E-state index contributed by atoms with van der Waals surface area (Å²) in [7, 11) is 3.81. The van der Waals surface area contributed by atoms with E-state index < -0.39 is 0 Å². The maximum atomic E-state index is 13.1. The van der Waals surface area contributed by atoms with E-state index >= 15 is 0 Å². The molecule has 1 saturated heterocycles. The number of hydrogen-bond acceptors (Lipinski definition) is 4. The summed E-state index contributed by atoms with van der Waals surface area (Å²) in [6.45, 7) is 3.88. The van der Waals surface area contributed by atoms with E-state index in [9.17, 15) is 9.18 Å². The maximum Gasteiger partial charge on any atom is 0.236 e. The molecule has 1 aliphatic heterocycles. The average Bonchev–Trinajstić information content (AvgIpc) is 3.06. The molecular weight excluding hydrogens is 331 g/mol. The van der Waals surface area contributed by atoms with Crippen LogP contribution in [0.15, 0.2) is 36.4 Å². The fourth-order valence-corrected chi connectivity index (χ4v) is 3.27. The van der Waals surface area contributed by atoms with Crippen LogP contribution in [0.4, 0.5) is 15.8 Å². The first-order chi connectivity index (χ1) is 12.4. The van der Waals surface area contributed by atoms with E-state index in [0.717, 1.165) is 35.7 Å². The van der Waals surface area contributed by atoms with Crippen molar-refractivity contribution < 1.29 is 9.18 Å². The lowest BCUT2D eigenvalue weighted by atomic mass is 10.0. The van der Waals surface area contributed by atoms with Gasteiger partial charge in [0.15, 0.2) is 0 Å². The van der Waals surface area contributed by atoms with Crippen molar-refractivity contribution in [3.8, 4) is 0 Å². The van der Waals surface area contributed by atoms with Gasteiger partial charge in [-0.2, -0.15) is 0 Å². The van der Waals surface area contributed by atoms with Gasteiger partial charge in [-0.25, -0.2) is 4.39 Å². The number of amides is 1. The Morgan fingerprint density at radius 2 is 2.00 bits per heavy atom. The van der Waals surface area contributed by atoms with Crippen LogP contribution in [0.3, 0.4) is 0 Å². The second kappa shape index (κ2) is 7.83. The van der Waals surface area contributed by atoms with Gasteiger partial charge in [-0.05, 0) is 63.8 Å². The van der Waals surface area contributed by atoms with Gasteiger partial charge in [0.25, 0.3) is 0 Å². The largest absolute Gasteiger partial charge is 0.355 e. The minimum absolute atomic E-state index is 0.162. The number of nitrogens with one attached hydrogen (secondary N) is 1. The van der Waals surface area contributed by atoms with E-state index in [-0.39, 0.29) is 17.6 Å². The number of nitrogens with zero attached hydrogens (tertiary/aromatic N) is 3. The van der Waals surface area contributed by atoms with Crippen LogP contribution in [-0.2, 0) is 4.79 Å². The quantitative estimate of drug-likeness (QED) is 0.894. The van der Waals surface area contributed by atoms with Crippen molar-refractivity contribution in [2.24, 2.45) is 0 Å². The Kier molecular flexibility index (Phi) is 5.52. The summed E-state index contributed by atoms with van der Waals surface area (Å²) < 4.78 is 13.1. The summed E-state index contributed by atoms with van der Waals surface area (Å²) in [5, 5.41) is 3.30. The van der Waals surface area contributed by atoms with Gasteiger partial charge in [-0.3, -0.25) is 9.78 Å². The second-order valence-electron chi connectivity index (χ2n) is 7.12. The monoisotopic (exact) mass is 356 g/mol. The van der Waals surface area contributed by atoms with Crippen molar-refractivity contribution in [1.82, 2.24) is 14.8 Å². The van der Waals surface area contributed by atoms with Crippen LogP contribution in [0.25, 0.3) is 0 Å². The number of carbonyl (C=O) groups is 1. The predicted molar refractivity (Wildman–Crippen MR) is 101 cm³/mol. The number of aryl methyl sites for hydroxylation is 1. The number of halogens is 1. The van der Waals surface area contributed by atoms with Crippen LogP contribution < -0.4 is 5.32 Å². The molecule has 1 aliphatic rings. The molecule has 5 nitrogen and oxygen atoms in total. The van der Waals surface area contributed by atoms with E-state index in [1.54, 1.807) is 12.1 Å². The van der Waals surface area contributed by atoms with E-state index in [4.69, 9.17) is 0 Å². The van der Waals surface area contributed by atoms with Gasteiger partial charge in [0.2, 0.25) is 5.91 Å². The Labute approximate surface area is 153 Å². The third-order valence-corrected chi connectivity index (χ3v) is 4.52. The molecule has 0 aliphatic carbocycles. The number of anilines is 2. The number of rotatable bonds is 5. The summed E-state index contributed by atoms with van der Waals surface area (Å²) in [5.41, 5.74) is 3.68. The van der Waals surface area contributed by atoms with Gasteiger partial charge in [0, 0.05) is 41.8 Å². The molecule has 1 atom stereocenters. The van der Waals surface area contributed by atoms with Gasteiger partial charge in [-0.15, -0.1) is 0 Å². The molecule has 1 unspecified atom stereocenters. The summed E-state index contributed by atoms with van der Waals surface area (Å²) in [6, 6.07) is 10.3. The molecule has 0 bridgehead atoms. The molecule has 138 valence electrons. The molecule has 0 radical (unpaired) electrons. The molecular formula is C20H25FN4O. The lowest BCUT2D eigenvalue weighted by Crippen LogP contribution is -2.36. The molecule has 1 aromatic heterocycles.